The minimum atomic E-state index is -1.33. The Balaban J connectivity index is 1.57. The first-order valence-electron chi connectivity index (χ1n) is 13.0. The lowest BCUT2D eigenvalue weighted by atomic mass is 9.72. The molecule has 8 heteroatoms. The fraction of sp³-hybridized carbons (Fsp3) is 0.483. The number of pyridine rings is 2. The van der Waals surface area contributed by atoms with Crippen LogP contribution in [-0.2, 0) is 16.9 Å². The number of likely N-dealkylation sites (tertiary alicyclic amines) is 2. The molecule has 0 aliphatic carbocycles. The van der Waals surface area contributed by atoms with E-state index in [4.69, 9.17) is 21.3 Å². The summed E-state index contributed by atoms with van der Waals surface area (Å²) in [5.74, 6) is 1.12. The second-order valence-corrected chi connectivity index (χ2v) is 11.1. The van der Waals surface area contributed by atoms with Crippen LogP contribution in [0.4, 0.5) is 0 Å². The van der Waals surface area contributed by atoms with Crippen molar-refractivity contribution >= 4 is 28.4 Å². The fourth-order valence-electron chi connectivity index (χ4n) is 5.56. The second kappa shape index (κ2) is 10.2. The summed E-state index contributed by atoms with van der Waals surface area (Å²) in [6.07, 6.45) is 4.06. The van der Waals surface area contributed by atoms with Gasteiger partial charge in [-0.3, -0.25) is 14.7 Å². The first-order chi connectivity index (χ1) is 17.7. The van der Waals surface area contributed by atoms with Crippen molar-refractivity contribution in [3.8, 4) is 5.88 Å². The van der Waals surface area contributed by atoms with Crippen molar-refractivity contribution in [1.29, 1.82) is 0 Å². The first-order valence-corrected chi connectivity index (χ1v) is 13.4. The number of fused-ring (bicyclic) bond motifs is 1. The monoisotopic (exact) mass is 522 g/mol. The molecule has 2 aliphatic heterocycles. The average molecular weight is 523 g/mol. The van der Waals surface area contributed by atoms with Crippen molar-refractivity contribution in [3.63, 3.8) is 0 Å². The summed E-state index contributed by atoms with van der Waals surface area (Å²) in [4.78, 5) is 25.3. The van der Waals surface area contributed by atoms with E-state index in [0.717, 1.165) is 35.7 Å². The fourth-order valence-corrected chi connectivity index (χ4v) is 5.85. The van der Waals surface area contributed by atoms with Crippen LogP contribution in [0.15, 0.2) is 36.5 Å². The number of halogens is 1. The third-order valence-electron chi connectivity index (χ3n) is 8.14. The van der Waals surface area contributed by atoms with Gasteiger partial charge in [-0.25, -0.2) is 4.98 Å². The maximum absolute atomic E-state index is 12.3. The second-order valence-electron chi connectivity index (χ2n) is 10.7. The van der Waals surface area contributed by atoms with Crippen molar-refractivity contribution in [3.05, 3.63) is 63.9 Å². The zero-order valence-corrected chi connectivity index (χ0v) is 22.8. The highest BCUT2D eigenvalue weighted by Crippen LogP contribution is 2.43. The number of carbonyl (C=O) groups is 1. The van der Waals surface area contributed by atoms with Crippen molar-refractivity contribution in [1.82, 2.24) is 19.8 Å². The van der Waals surface area contributed by atoms with E-state index in [2.05, 4.69) is 16.8 Å². The van der Waals surface area contributed by atoms with E-state index in [-0.39, 0.29) is 11.8 Å². The maximum Gasteiger partial charge on any atom is 0.219 e. The Morgan fingerprint density at radius 2 is 1.89 bits per heavy atom. The van der Waals surface area contributed by atoms with Crippen LogP contribution in [-0.4, -0.2) is 64.1 Å². The SMILES string of the molecule is COc1nc2ccc(C(O)(c3ccc(C)nc3)C3CN(C(C)=O)C3)cc2c(Cl)c1CN1CCC(C)CC1. The van der Waals surface area contributed by atoms with Gasteiger partial charge in [0.15, 0.2) is 0 Å². The van der Waals surface area contributed by atoms with Crippen LogP contribution in [0.5, 0.6) is 5.88 Å². The highest BCUT2D eigenvalue weighted by Gasteiger charge is 2.47. The van der Waals surface area contributed by atoms with Gasteiger partial charge >= 0.3 is 0 Å². The van der Waals surface area contributed by atoms with Crippen molar-refractivity contribution < 1.29 is 14.6 Å². The number of ether oxygens (including phenoxy) is 1. The van der Waals surface area contributed by atoms with Gasteiger partial charge in [-0.2, -0.15) is 0 Å². The highest BCUT2D eigenvalue weighted by molar-refractivity contribution is 6.36. The molecule has 196 valence electrons. The number of piperidine rings is 1. The number of benzene rings is 1. The minimum Gasteiger partial charge on any atom is -0.481 e. The molecule has 0 saturated carbocycles. The summed E-state index contributed by atoms with van der Waals surface area (Å²) in [7, 11) is 1.63. The summed E-state index contributed by atoms with van der Waals surface area (Å²) in [5, 5.41) is 13.7. The number of amides is 1. The van der Waals surface area contributed by atoms with E-state index < -0.39 is 5.60 Å². The number of aromatic nitrogens is 2. The molecule has 2 saturated heterocycles. The van der Waals surface area contributed by atoms with Gasteiger partial charge in [-0.1, -0.05) is 30.7 Å². The topological polar surface area (TPSA) is 78.8 Å². The number of carbonyl (C=O) groups excluding carboxylic acids is 1. The average Bonchev–Trinajstić information content (AvgIpc) is 2.85. The van der Waals surface area contributed by atoms with E-state index >= 15 is 0 Å². The molecular weight excluding hydrogens is 488 g/mol. The molecule has 1 aromatic carbocycles. The molecule has 3 aromatic rings. The molecule has 1 unspecified atom stereocenters. The standard InChI is InChI=1S/C29H35ClN4O3/c1-18-9-11-33(12-10-18)17-25-27(30)24-13-21(7-8-26(24)32-28(25)37-4)29(36,22-6-5-19(2)31-14-22)23-15-34(16-23)20(3)35/h5-8,13-14,18,23,36H,9-12,15-17H2,1-4H3. The molecule has 4 heterocycles. The Kier molecular flexibility index (Phi) is 7.14. The number of aliphatic hydroxyl groups is 1. The Bertz CT molecular complexity index is 1300. The number of hydrogen-bond donors (Lipinski definition) is 1. The molecule has 1 amide bonds. The molecule has 7 nitrogen and oxygen atoms in total. The molecule has 37 heavy (non-hydrogen) atoms. The Labute approximate surface area is 223 Å². The summed E-state index contributed by atoms with van der Waals surface area (Å²) in [6, 6.07) is 9.55. The summed E-state index contributed by atoms with van der Waals surface area (Å²) < 4.78 is 5.66. The van der Waals surface area contributed by atoms with Crippen molar-refractivity contribution in [2.24, 2.45) is 11.8 Å². The number of aryl methyl sites for hydroxylation is 1. The van der Waals surface area contributed by atoms with Gasteiger partial charge in [0.2, 0.25) is 11.8 Å². The molecule has 0 bridgehead atoms. The van der Waals surface area contributed by atoms with Crippen LogP contribution in [0.3, 0.4) is 0 Å². The van der Waals surface area contributed by atoms with Crippen LogP contribution in [0.2, 0.25) is 5.02 Å². The lowest BCUT2D eigenvalue weighted by molar-refractivity contribution is -0.142. The normalized spacial score (nSPS) is 19.0. The Hall–Kier alpha value is -2.74. The zero-order chi connectivity index (χ0) is 26.3. The minimum absolute atomic E-state index is 0.00947. The molecule has 1 N–H and O–H groups in total. The van der Waals surface area contributed by atoms with Crippen LogP contribution >= 0.6 is 11.6 Å². The van der Waals surface area contributed by atoms with E-state index in [9.17, 15) is 9.90 Å². The molecule has 5 rings (SSSR count). The Morgan fingerprint density at radius 3 is 2.51 bits per heavy atom. The molecule has 0 radical (unpaired) electrons. The summed E-state index contributed by atoms with van der Waals surface area (Å²) in [6.45, 7) is 9.44. The van der Waals surface area contributed by atoms with Gasteiger partial charge < -0.3 is 14.7 Å². The van der Waals surface area contributed by atoms with E-state index in [1.165, 1.54) is 12.8 Å². The van der Waals surface area contributed by atoms with Crippen LogP contribution in [0.25, 0.3) is 10.9 Å². The lowest BCUT2D eigenvalue weighted by Gasteiger charge is -2.48. The number of rotatable bonds is 6. The number of nitrogens with zero attached hydrogens (tertiary/aromatic N) is 4. The molecule has 0 spiro atoms. The first kappa shape index (κ1) is 25.9. The number of hydrogen-bond acceptors (Lipinski definition) is 6. The predicted molar refractivity (Wildman–Crippen MR) is 145 cm³/mol. The van der Waals surface area contributed by atoms with E-state index in [1.54, 1.807) is 25.1 Å². The van der Waals surface area contributed by atoms with Crippen molar-refractivity contribution in [2.45, 2.75) is 45.8 Å². The maximum atomic E-state index is 12.3. The molecule has 1 atom stereocenters. The molecule has 2 aromatic heterocycles. The van der Waals surface area contributed by atoms with Gasteiger partial charge in [0, 0.05) is 60.9 Å². The molecule has 2 fully saturated rings. The largest absolute Gasteiger partial charge is 0.481 e. The third kappa shape index (κ3) is 4.80. The van der Waals surface area contributed by atoms with Gasteiger partial charge in [0.1, 0.15) is 5.60 Å². The number of methoxy groups -OCH3 is 1. The van der Waals surface area contributed by atoms with Crippen LogP contribution in [0.1, 0.15) is 49.1 Å². The Morgan fingerprint density at radius 1 is 1.19 bits per heavy atom. The predicted octanol–water partition coefficient (Wildman–Crippen LogP) is 4.55. The quantitative estimate of drug-likeness (QED) is 0.512. The lowest BCUT2D eigenvalue weighted by Crippen LogP contribution is -2.58. The zero-order valence-electron chi connectivity index (χ0n) is 22.0. The van der Waals surface area contributed by atoms with Gasteiger partial charge in [-0.15, -0.1) is 0 Å². The van der Waals surface area contributed by atoms with Crippen molar-refractivity contribution in [2.75, 3.05) is 33.3 Å². The van der Waals surface area contributed by atoms with Crippen LogP contribution < -0.4 is 4.74 Å². The van der Waals surface area contributed by atoms with Gasteiger partial charge in [0.25, 0.3) is 0 Å². The summed E-state index contributed by atoms with van der Waals surface area (Å²) in [5.41, 5.74) is 2.55. The third-order valence-corrected chi connectivity index (χ3v) is 8.57. The van der Waals surface area contributed by atoms with Gasteiger partial charge in [-0.05, 0) is 62.5 Å². The van der Waals surface area contributed by atoms with E-state index in [1.807, 2.05) is 37.3 Å². The van der Waals surface area contributed by atoms with E-state index in [0.29, 0.717) is 47.2 Å². The van der Waals surface area contributed by atoms with Gasteiger partial charge in [0.05, 0.1) is 17.6 Å². The molecule has 2 aliphatic rings. The molecular formula is C29H35ClN4O3. The summed E-state index contributed by atoms with van der Waals surface area (Å²) >= 11 is 7.06. The highest BCUT2D eigenvalue weighted by atomic mass is 35.5. The smallest absolute Gasteiger partial charge is 0.219 e. The van der Waals surface area contributed by atoms with Crippen LogP contribution in [0, 0.1) is 18.8 Å².